The highest BCUT2D eigenvalue weighted by molar-refractivity contribution is 7.93. The lowest BCUT2D eigenvalue weighted by molar-refractivity contribution is 0.0273. The lowest BCUT2D eigenvalue weighted by Crippen LogP contribution is -2.39. The molecule has 0 unspecified atom stereocenters. The molecule has 0 atom stereocenters. The Balaban J connectivity index is 1.76. The third kappa shape index (κ3) is 7.16. The van der Waals surface area contributed by atoms with E-state index < -0.39 is 15.6 Å². The van der Waals surface area contributed by atoms with Crippen molar-refractivity contribution < 1.29 is 22.4 Å². The maximum absolute atomic E-state index is 13.1. The van der Waals surface area contributed by atoms with E-state index in [0.717, 1.165) is 16.8 Å². The first-order valence-electron chi connectivity index (χ1n) is 14.7. The van der Waals surface area contributed by atoms with E-state index in [1.807, 2.05) is 52.1 Å². The van der Waals surface area contributed by atoms with Gasteiger partial charge in [-0.3, -0.25) is 4.40 Å². The van der Waals surface area contributed by atoms with Crippen LogP contribution in [0.3, 0.4) is 0 Å². The summed E-state index contributed by atoms with van der Waals surface area (Å²) in [7, 11) is -3.58. The van der Waals surface area contributed by atoms with Gasteiger partial charge in [0.1, 0.15) is 11.9 Å². The largest absolute Gasteiger partial charge is 0.449 e. The number of amides is 1. The SMILES string of the molecule is CCN(CC)S(=O)(=O)/C(C)=C(C)/C=C(\C)Nc1nc(C2=CCCN(C(=O)OC(C)(C)C)C2)cn2c(-c3coc(N)c3)cnc12. The molecular weight excluding hydrogens is 582 g/mol. The van der Waals surface area contributed by atoms with Crippen molar-refractivity contribution in [1.29, 1.82) is 0 Å². The third-order valence-corrected chi connectivity index (χ3v) is 9.57. The number of rotatable bonds is 9. The van der Waals surface area contributed by atoms with Crippen LogP contribution in [0.15, 0.2) is 57.5 Å². The molecule has 0 bridgehead atoms. The van der Waals surface area contributed by atoms with Crippen LogP contribution in [0, 0.1) is 0 Å². The number of carbonyl (C=O) groups excluding carboxylic acids is 1. The van der Waals surface area contributed by atoms with Crippen LogP contribution >= 0.6 is 0 Å². The fourth-order valence-corrected chi connectivity index (χ4v) is 6.48. The number of carbonyl (C=O) groups is 1. The molecule has 3 aromatic heterocycles. The Bertz CT molecular complexity index is 1740. The smallest absolute Gasteiger partial charge is 0.410 e. The number of anilines is 2. The van der Waals surface area contributed by atoms with Crippen molar-refractivity contribution in [3.63, 3.8) is 0 Å². The molecule has 3 aromatic rings. The molecule has 0 fully saturated rings. The predicted molar refractivity (Wildman–Crippen MR) is 173 cm³/mol. The molecule has 3 N–H and O–H groups in total. The molecule has 0 saturated carbocycles. The molecule has 12 nitrogen and oxygen atoms in total. The quantitative estimate of drug-likeness (QED) is 0.278. The number of aromatic nitrogens is 3. The van der Waals surface area contributed by atoms with Gasteiger partial charge in [0.2, 0.25) is 10.0 Å². The third-order valence-electron chi connectivity index (χ3n) is 7.28. The van der Waals surface area contributed by atoms with E-state index in [-0.39, 0.29) is 16.9 Å². The van der Waals surface area contributed by atoms with E-state index in [2.05, 4.69) is 16.4 Å². The minimum absolute atomic E-state index is 0.279. The highest BCUT2D eigenvalue weighted by Crippen LogP contribution is 2.30. The second-order valence-corrected chi connectivity index (χ2v) is 13.8. The van der Waals surface area contributed by atoms with Crippen molar-refractivity contribution in [2.24, 2.45) is 0 Å². The zero-order chi connectivity index (χ0) is 32.4. The highest BCUT2D eigenvalue weighted by Gasteiger charge is 2.26. The second kappa shape index (κ2) is 12.9. The van der Waals surface area contributed by atoms with Gasteiger partial charge >= 0.3 is 6.09 Å². The van der Waals surface area contributed by atoms with Crippen LogP contribution in [-0.2, 0) is 14.8 Å². The highest BCUT2D eigenvalue weighted by atomic mass is 32.2. The van der Waals surface area contributed by atoms with E-state index in [1.54, 1.807) is 43.3 Å². The number of hydrogen-bond donors (Lipinski definition) is 2. The van der Waals surface area contributed by atoms with Gasteiger partial charge in [-0.25, -0.2) is 23.2 Å². The molecule has 238 valence electrons. The lowest BCUT2D eigenvalue weighted by atomic mass is 10.1. The molecule has 0 radical (unpaired) electrons. The standard InChI is InChI=1S/C31H43N7O5S/c1-9-37(10-2)44(40,41)22(5)20(3)14-21(4)34-28-29-33-16-26(24-15-27(32)42-19-24)38(29)18-25(35-28)23-12-11-13-36(17-23)30(39)43-31(6,7)8/h12,14-16,18-19H,9-11,13,17,32H2,1-8H3,(H,34,35)/b21-14+,22-20+. The summed E-state index contributed by atoms with van der Waals surface area (Å²) in [5, 5.41) is 3.34. The first kappa shape index (κ1) is 32.8. The average molecular weight is 626 g/mol. The fraction of sp³-hybridized carbons (Fsp3) is 0.452. The van der Waals surface area contributed by atoms with Gasteiger partial charge in [-0.1, -0.05) is 19.9 Å². The number of nitrogens with one attached hydrogen (secondary N) is 1. The first-order valence-corrected chi connectivity index (χ1v) is 16.1. The minimum Gasteiger partial charge on any atom is -0.449 e. The van der Waals surface area contributed by atoms with Crippen molar-refractivity contribution in [2.45, 2.75) is 67.4 Å². The minimum atomic E-state index is -3.58. The Morgan fingerprint density at radius 2 is 1.93 bits per heavy atom. The molecule has 0 aliphatic carbocycles. The van der Waals surface area contributed by atoms with Gasteiger partial charge in [0, 0.05) is 43.2 Å². The van der Waals surface area contributed by atoms with Gasteiger partial charge in [0.05, 0.1) is 29.0 Å². The predicted octanol–water partition coefficient (Wildman–Crippen LogP) is 5.88. The fourth-order valence-electron chi connectivity index (χ4n) is 4.95. The number of nitrogens with zero attached hydrogens (tertiary/aromatic N) is 5. The van der Waals surface area contributed by atoms with Crippen LogP contribution in [0.25, 0.3) is 22.5 Å². The molecule has 0 spiro atoms. The number of nitrogen functional groups attached to an aromatic ring is 1. The van der Waals surface area contributed by atoms with Crippen LogP contribution in [0.5, 0.6) is 0 Å². The van der Waals surface area contributed by atoms with Crippen molar-refractivity contribution in [1.82, 2.24) is 23.6 Å². The summed E-state index contributed by atoms with van der Waals surface area (Å²) >= 11 is 0. The van der Waals surface area contributed by atoms with Crippen LogP contribution in [-0.4, -0.2) is 69.9 Å². The zero-order valence-corrected chi connectivity index (χ0v) is 27.6. The van der Waals surface area contributed by atoms with Crippen molar-refractivity contribution in [2.75, 3.05) is 37.2 Å². The number of nitrogens with two attached hydrogens (primary N) is 1. The Morgan fingerprint density at radius 3 is 2.55 bits per heavy atom. The van der Waals surface area contributed by atoms with Crippen molar-refractivity contribution in [3.05, 3.63) is 58.7 Å². The van der Waals surface area contributed by atoms with Crippen LogP contribution in [0.1, 0.15) is 67.5 Å². The van der Waals surface area contributed by atoms with E-state index in [4.69, 9.17) is 19.9 Å². The number of hydrogen-bond acceptors (Lipinski definition) is 9. The topological polar surface area (TPSA) is 148 Å². The van der Waals surface area contributed by atoms with Crippen LogP contribution in [0.4, 0.5) is 16.5 Å². The Kier molecular flexibility index (Phi) is 9.59. The van der Waals surface area contributed by atoms with Gasteiger partial charge < -0.3 is 25.1 Å². The molecule has 44 heavy (non-hydrogen) atoms. The maximum atomic E-state index is 13.1. The molecule has 13 heteroatoms. The van der Waals surface area contributed by atoms with Crippen molar-refractivity contribution >= 4 is 39.0 Å². The molecule has 1 aliphatic rings. The summed E-state index contributed by atoms with van der Waals surface area (Å²) in [6.45, 7) is 16.1. The summed E-state index contributed by atoms with van der Waals surface area (Å²) in [6.07, 6.45) is 9.28. The van der Waals surface area contributed by atoms with Gasteiger partial charge in [0.15, 0.2) is 17.3 Å². The van der Waals surface area contributed by atoms with Gasteiger partial charge in [-0.05, 0) is 65.2 Å². The number of ether oxygens (including phenoxy) is 1. The van der Waals surface area contributed by atoms with Gasteiger partial charge in [0.25, 0.3) is 0 Å². The van der Waals surface area contributed by atoms with E-state index in [9.17, 15) is 13.2 Å². The Morgan fingerprint density at radius 1 is 1.23 bits per heavy atom. The number of sulfonamides is 1. The van der Waals surface area contributed by atoms with E-state index in [1.165, 1.54) is 4.31 Å². The van der Waals surface area contributed by atoms with Gasteiger partial charge in [-0.2, -0.15) is 4.31 Å². The Hall–Kier alpha value is -4.10. The molecule has 1 aliphatic heterocycles. The zero-order valence-electron chi connectivity index (χ0n) is 26.8. The molecule has 0 saturated heterocycles. The summed E-state index contributed by atoms with van der Waals surface area (Å²) in [5.74, 6) is 0.743. The normalized spacial score (nSPS) is 15.4. The molecular formula is C31H43N7O5S. The Labute approximate surface area is 259 Å². The number of allylic oxidation sites excluding steroid dienone is 4. The van der Waals surface area contributed by atoms with Crippen LogP contribution < -0.4 is 11.1 Å². The number of fused-ring (bicyclic) bond motifs is 1. The second-order valence-electron chi connectivity index (χ2n) is 11.8. The lowest BCUT2D eigenvalue weighted by Gasteiger charge is -2.30. The monoisotopic (exact) mass is 625 g/mol. The van der Waals surface area contributed by atoms with Gasteiger partial charge in [-0.15, -0.1) is 0 Å². The molecule has 0 aromatic carbocycles. The van der Waals surface area contributed by atoms with Crippen molar-refractivity contribution in [3.8, 4) is 11.3 Å². The maximum Gasteiger partial charge on any atom is 0.410 e. The summed E-state index contributed by atoms with van der Waals surface area (Å²) < 4.78 is 40.5. The molecule has 4 rings (SSSR count). The van der Waals surface area contributed by atoms with E-state index >= 15 is 0 Å². The van der Waals surface area contributed by atoms with E-state index in [0.29, 0.717) is 61.0 Å². The number of furan rings is 1. The molecule has 4 heterocycles. The average Bonchev–Trinajstić information content (AvgIpc) is 3.58. The summed E-state index contributed by atoms with van der Waals surface area (Å²) in [5.41, 5.74) is 10.1. The summed E-state index contributed by atoms with van der Waals surface area (Å²) in [4.78, 5) is 24.4. The molecule has 1 amide bonds. The first-order chi connectivity index (χ1) is 20.6. The number of imidazole rings is 1. The van der Waals surface area contributed by atoms with Crippen LogP contribution in [0.2, 0.25) is 0 Å². The summed E-state index contributed by atoms with van der Waals surface area (Å²) in [6, 6.07) is 1.72.